The van der Waals surface area contributed by atoms with Gasteiger partial charge in [0, 0.05) is 0 Å². The Morgan fingerprint density at radius 2 is 1.93 bits per heavy atom. The molecule has 0 saturated carbocycles. The molecule has 15 heavy (non-hydrogen) atoms. The fourth-order valence-corrected chi connectivity index (χ4v) is 1.42. The Labute approximate surface area is 92.5 Å². The minimum Gasteiger partial charge on any atom is -0.384 e. The van der Waals surface area contributed by atoms with Gasteiger partial charge in [0.2, 0.25) is 0 Å². The number of aliphatic hydroxyl groups excluding tert-OH is 1. The van der Waals surface area contributed by atoms with Gasteiger partial charge in [0.15, 0.2) is 0 Å². The Balaban J connectivity index is 2.49. The molecule has 0 spiro atoms. The molecule has 1 aromatic rings. The van der Waals surface area contributed by atoms with Gasteiger partial charge in [-0.1, -0.05) is 61.7 Å². The lowest BCUT2D eigenvalue weighted by atomic mass is 10.1. The summed E-state index contributed by atoms with van der Waals surface area (Å²) in [7, 11) is 0. The van der Waals surface area contributed by atoms with E-state index in [-0.39, 0.29) is 0 Å². The van der Waals surface area contributed by atoms with Crippen LogP contribution in [0, 0.1) is 6.92 Å². The summed E-state index contributed by atoms with van der Waals surface area (Å²) in [5.74, 6) is 0. The van der Waals surface area contributed by atoms with E-state index in [1.165, 1.54) is 18.4 Å². The second kappa shape index (κ2) is 6.41. The van der Waals surface area contributed by atoms with E-state index in [2.05, 4.69) is 13.0 Å². The zero-order valence-electron chi connectivity index (χ0n) is 9.61. The van der Waals surface area contributed by atoms with Crippen LogP contribution in [0.2, 0.25) is 0 Å². The Bertz CT molecular complexity index is 298. The van der Waals surface area contributed by atoms with Gasteiger partial charge in [0.25, 0.3) is 0 Å². The highest BCUT2D eigenvalue weighted by Gasteiger charge is 2.01. The maximum absolute atomic E-state index is 9.82. The maximum Gasteiger partial charge on any atom is 0.0971 e. The van der Waals surface area contributed by atoms with Crippen molar-refractivity contribution >= 4 is 0 Å². The molecule has 0 aromatic heterocycles. The smallest absolute Gasteiger partial charge is 0.0971 e. The predicted octanol–water partition coefficient (Wildman–Crippen LogP) is 3.77. The molecule has 0 aliphatic carbocycles. The average Bonchev–Trinajstić information content (AvgIpc) is 2.25. The first kappa shape index (κ1) is 12.0. The molecule has 0 aliphatic heterocycles. The topological polar surface area (TPSA) is 20.2 Å². The van der Waals surface area contributed by atoms with E-state index < -0.39 is 6.10 Å². The van der Waals surface area contributed by atoms with Crippen LogP contribution in [0.1, 0.15) is 43.4 Å². The van der Waals surface area contributed by atoms with Crippen molar-refractivity contribution in [1.29, 1.82) is 0 Å². The fourth-order valence-electron chi connectivity index (χ4n) is 1.42. The molecule has 0 fully saturated rings. The third-order valence-corrected chi connectivity index (χ3v) is 2.46. The van der Waals surface area contributed by atoms with E-state index >= 15 is 0 Å². The van der Waals surface area contributed by atoms with Crippen molar-refractivity contribution in [3.63, 3.8) is 0 Å². The molecule has 1 nitrogen and oxygen atoms in total. The van der Waals surface area contributed by atoms with Gasteiger partial charge >= 0.3 is 0 Å². The van der Waals surface area contributed by atoms with Gasteiger partial charge in [0.1, 0.15) is 0 Å². The van der Waals surface area contributed by atoms with Gasteiger partial charge in [-0.05, 0) is 18.9 Å². The van der Waals surface area contributed by atoms with Crippen molar-refractivity contribution in [2.75, 3.05) is 0 Å². The van der Waals surface area contributed by atoms with Gasteiger partial charge in [-0.2, -0.15) is 0 Å². The number of hydrogen-bond donors (Lipinski definition) is 1. The number of allylic oxidation sites excluding steroid dienone is 1. The van der Waals surface area contributed by atoms with Crippen molar-refractivity contribution in [2.45, 2.75) is 39.2 Å². The summed E-state index contributed by atoms with van der Waals surface area (Å²) < 4.78 is 0. The molecular formula is C14H20O. The SMILES string of the molecule is CCCCC=CC(O)c1ccc(C)cc1. The van der Waals surface area contributed by atoms with E-state index in [0.717, 1.165) is 12.0 Å². The lowest BCUT2D eigenvalue weighted by molar-refractivity contribution is 0.228. The highest BCUT2D eigenvalue weighted by molar-refractivity contribution is 5.25. The Morgan fingerprint density at radius 1 is 1.27 bits per heavy atom. The summed E-state index contributed by atoms with van der Waals surface area (Å²) in [6, 6.07) is 8.01. The van der Waals surface area contributed by atoms with Crippen LogP contribution in [0.15, 0.2) is 36.4 Å². The predicted molar refractivity (Wildman–Crippen MR) is 64.8 cm³/mol. The molecule has 0 amide bonds. The lowest BCUT2D eigenvalue weighted by Gasteiger charge is -2.05. The second-order valence-electron chi connectivity index (χ2n) is 3.93. The van der Waals surface area contributed by atoms with Crippen molar-refractivity contribution < 1.29 is 5.11 Å². The minimum absolute atomic E-state index is 0.456. The summed E-state index contributed by atoms with van der Waals surface area (Å²) >= 11 is 0. The van der Waals surface area contributed by atoms with Crippen LogP contribution < -0.4 is 0 Å². The van der Waals surface area contributed by atoms with Gasteiger partial charge in [-0.3, -0.25) is 0 Å². The first-order valence-corrected chi connectivity index (χ1v) is 5.65. The third-order valence-electron chi connectivity index (χ3n) is 2.46. The normalized spacial score (nSPS) is 13.3. The number of rotatable bonds is 5. The summed E-state index contributed by atoms with van der Waals surface area (Å²) in [6.07, 6.45) is 6.93. The van der Waals surface area contributed by atoms with E-state index in [4.69, 9.17) is 0 Å². The Hall–Kier alpha value is -1.08. The summed E-state index contributed by atoms with van der Waals surface area (Å²) in [5.41, 5.74) is 2.19. The number of aliphatic hydroxyl groups is 1. The standard InChI is InChI=1S/C14H20O/c1-3-4-5-6-7-14(15)13-10-8-12(2)9-11-13/h6-11,14-15H,3-5H2,1-2H3. The quantitative estimate of drug-likeness (QED) is 0.571. The van der Waals surface area contributed by atoms with Crippen molar-refractivity contribution in [3.8, 4) is 0 Å². The van der Waals surface area contributed by atoms with Gasteiger partial charge < -0.3 is 5.11 Å². The summed E-state index contributed by atoms with van der Waals surface area (Å²) in [4.78, 5) is 0. The molecule has 0 heterocycles. The molecule has 82 valence electrons. The summed E-state index contributed by atoms with van der Waals surface area (Å²) in [5, 5.41) is 9.82. The second-order valence-corrected chi connectivity index (χ2v) is 3.93. The number of aryl methyl sites for hydroxylation is 1. The zero-order valence-corrected chi connectivity index (χ0v) is 9.61. The van der Waals surface area contributed by atoms with E-state index in [9.17, 15) is 5.11 Å². The van der Waals surface area contributed by atoms with Crippen LogP contribution >= 0.6 is 0 Å². The molecule has 0 aliphatic rings. The van der Waals surface area contributed by atoms with Gasteiger partial charge in [0.05, 0.1) is 6.10 Å². The molecule has 1 rings (SSSR count). The molecule has 0 radical (unpaired) electrons. The largest absolute Gasteiger partial charge is 0.384 e. The first-order chi connectivity index (χ1) is 7.24. The number of hydrogen-bond acceptors (Lipinski definition) is 1. The van der Waals surface area contributed by atoms with Crippen LogP contribution in [-0.2, 0) is 0 Å². The monoisotopic (exact) mass is 204 g/mol. The number of benzene rings is 1. The molecule has 1 unspecified atom stereocenters. The van der Waals surface area contributed by atoms with Crippen molar-refractivity contribution in [2.24, 2.45) is 0 Å². The van der Waals surface area contributed by atoms with Crippen molar-refractivity contribution in [1.82, 2.24) is 0 Å². The highest BCUT2D eigenvalue weighted by atomic mass is 16.3. The number of unbranched alkanes of at least 4 members (excludes halogenated alkanes) is 2. The van der Waals surface area contributed by atoms with Gasteiger partial charge in [-0.15, -0.1) is 0 Å². The molecule has 1 aromatic carbocycles. The fraction of sp³-hybridized carbons (Fsp3) is 0.429. The minimum atomic E-state index is -0.456. The average molecular weight is 204 g/mol. The van der Waals surface area contributed by atoms with Crippen LogP contribution in [0.5, 0.6) is 0 Å². The lowest BCUT2D eigenvalue weighted by Crippen LogP contribution is -1.92. The Kier molecular flexibility index (Phi) is 5.13. The Morgan fingerprint density at radius 3 is 2.53 bits per heavy atom. The third kappa shape index (κ3) is 4.30. The maximum atomic E-state index is 9.82. The van der Waals surface area contributed by atoms with E-state index in [1.807, 2.05) is 37.3 Å². The summed E-state index contributed by atoms with van der Waals surface area (Å²) in [6.45, 7) is 4.22. The highest BCUT2D eigenvalue weighted by Crippen LogP contribution is 2.15. The first-order valence-electron chi connectivity index (χ1n) is 5.65. The van der Waals surface area contributed by atoms with Crippen LogP contribution in [0.4, 0.5) is 0 Å². The molecule has 0 saturated heterocycles. The van der Waals surface area contributed by atoms with E-state index in [1.54, 1.807) is 0 Å². The molecule has 1 heteroatoms. The van der Waals surface area contributed by atoms with Crippen LogP contribution in [0.25, 0.3) is 0 Å². The van der Waals surface area contributed by atoms with Crippen LogP contribution in [-0.4, -0.2) is 5.11 Å². The van der Waals surface area contributed by atoms with E-state index in [0.29, 0.717) is 0 Å². The molecule has 1 N–H and O–H groups in total. The molecule has 0 bridgehead atoms. The molecular weight excluding hydrogens is 184 g/mol. The van der Waals surface area contributed by atoms with Crippen LogP contribution in [0.3, 0.4) is 0 Å². The van der Waals surface area contributed by atoms with Gasteiger partial charge in [-0.25, -0.2) is 0 Å². The zero-order chi connectivity index (χ0) is 11.1. The van der Waals surface area contributed by atoms with Crippen molar-refractivity contribution in [3.05, 3.63) is 47.5 Å². The molecule has 1 atom stereocenters.